The number of anilines is 1. The van der Waals surface area contributed by atoms with Gasteiger partial charge in [0.2, 0.25) is 17.7 Å². The third kappa shape index (κ3) is 8.72. The molecule has 0 radical (unpaired) electrons. The van der Waals surface area contributed by atoms with Crippen LogP contribution in [0.2, 0.25) is 0 Å². The maximum Gasteiger partial charge on any atom is 0.328 e. The van der Waals surface area contributed by atoms with E-state index in [0.717, 1.165) is 88.9 Å². The van der Waals surface area contributed by atoms with Crippen molar-refractivity contribution in [2.45, 2.75) is 82.8 Å². The number of amides is 3. The molecule has 0 spiro atoms. The van der Waals surface area contributed by atoms with Crippen LogP contribution in [-0.4, -0.2) is 109 Å². The first kappa shape index (κ1) is 33.1. The number of carboxylic acid groups (broad SMARTS) is 1. The molecule has 2 saturated heterocycles. The lowest BCUT2D eigenvalue weighted by Crippen LogP contribution is -2.53. The van der Waals surface area contributed by atoms with E-state index >= 15 is 0 Å². The molecule has 1 aromatic rings. The summed E-state index contributed by atoms with van der Waals surface area (Å²) in [7, 11) is 1.64. The number of methoxy groups -OCH3 is 1. The zero-order valence-corrected chi connectivity index (χ0v) is 26.6. The number of fused-ring (bicyclic) bond motifs is 1. The summed E-state index contributed by atoms with van der Waals surface area (Å²) in [4.78, 5) is 60.7. The van der Waals surface area contributed by atoms with Crippen molar-refractivity contribution in [1.29, 1.82) is 0 Å². The van der Waals surface area contributed by atoms with Crippen molar-refractivity contribution in [3.05, 3.63) is 23.4 Å². The van der Waals surface area contributed by atoms with Crippen LogP contribution in [0.1, 0.15) is 69.0 Å². The fraction of sp³-hybridized carbons (Fsp3) is 0.727. The highest BCUT2D eigenvalue weighted by atomic mass is 16.5. The molecule has 1 aliphatic carbocycles. The molecule has 5 rings (SSSR count). The second kappa shape index (κ2) is 15.8. The minimum Gasteiger partial charge on any atom is -0.480 e. The number of hydrogen-bond donors (Lipinski definition) is 4. The lowest BCUT2D eigenvalue weighted by Gasteiger charge is -2.33. The molecule has 3 amide bonds. The standard InChI is InChI=1S/C33H50N6O6/c1-45-25-14-18-39(21-25)32(42)27-11-3-2-10-26(27)31(41)37-28(33(43)44)19-35-30(40)23-8-5-16-38(20-23)17-6-9-24-13-12-22-7-4-15-34-29(22)36-24/h12-13,23,25-28H,2-11,14-21H2,1H3,(H,34,36)(H,35,40)(H,37,41)(H,43,44)/t23?,25?,26-,27-,28?/m1/s1. The van der Waals surface area contributed by atoms with Gasteiger partial charge in [0, 0.05) is 57.4 Å². The van der Waals surface area contributed by atoms with Gasteiger partial charge in [-0.05, 0) is 82.5 Å². The number of rotatable bonds is 12. The molecular weight excluding hydrogens is 576 g/mol. The van der Waals surface area contributed by atoms with Crippen molar-refractivity contribution in [2.24, 2.45) is 17.8 Å². The Hall–Kier alpha value is -3.25. The van der Waals surface area contributed by atoms with E-state index in [1.165, 1.54) is 5.56 Å². The van der Waals surface area contributed by atoms with E-state index in [0.29, 0.717) is 32.5 Å². The molecule has 0 bridgehead atoms. The lowest BCUT2D eigenvalue weighted by molar-refractivity contribution is -0.146. The molecule has 45 heavy (non-hydrogen) atoms. The van der Waals surface area contributed by atoms with Gasteiger partial charge in [-0.1, -0.05) is 18.9 Å². The van der Waals surface area contributed by atoms with Crippen molar-refractivity contribution < 1.29 is 29.0 Å². The largest absolute Gasteiger partial charge is 0.480 e. The quantitative estimate of drug-likeness (QED) is 0.272. The first-order chi connectivity index (χ1) is 21.8. The van der Waals surface area contributed by atoms with Gasteiger partial charge in [-0.25, -0.2) is 9.78 Å². The number of aliphatic carboxylic acids is 1. The van der Waals surface area contributed by atoms with Crippen molar-refractivity contribution in [3.8, 4) is 0 Å². The smallest absolute Gasteiger partial charge is 0.328 e. The fourth-order valence-corrected chi connectivity index (χ4v) is 7.39. The number of carbonyl (C=O) groups is 4. The van der Waals surface area contributed by atoms with E-state index in [1.54, 1.807) is 12.0 Å². The average molecular weight is 627 g/mol. The molecule has 1 aromatic heterocycles. The highest BCUT2D eigenvalue weighted by Gasteiger charge is 2.40. The Balaban J connectivity index is 1.07. The SMILES string of the molecule is COC1CCN(C(=O)[C@@H]2CCCC[C@H]2C(=O)NC(CNC(=O)C2CCCN(CCCc3ccc4c(n3)NCCC4)C2)C(=O)O)C1. The third-order valence-electron chi connectivity index (χ3n) is 10.0. The predicted octanol–water partition coefficient (Wildman–Crippen LogP) is 1.82. The summed E-state index contributed by atoms with van der Waals surface area (Å²) in [5, 5.41) is 18.7. The molecule has 3 unspecified atom stereocenters. The Labute approximate surface area is 266 Å². The van der Waals surface area contributed by atoms with Crippen molar-refractivity contribution in [1.82, 2.24) is 25.4 Å². The predicted molar refractivity (Wildman–Crippen MR) is 169 cm³/mol. The highest BCUT2D eigenvalue weighted by molar-refractivity contribution is 5.90. The Kier molecular flexibility index (Phi) is 11.7. The Morgan fingerprint density at radius 1 is 1.02 bits per heavy atom. The van der Waals surface area contributed by atoms with Crippen molar-refractivity contribution >= 4 is 29.5 Å². The van der Waals surface area contributed by atoms with Crippen LogP contribution in [0.5, 0.6) is 0 Å². The van der Waals surface area contributed by atoms with E-state index in [9.17, 15) is 24.3 Å². The summed E-state index contributed by atoms with van der Waals surface area (Å²) >= 11 is 0. The minimum atomic E-state index is -1.26. The Morgan fingerprint density at radius 3 is 2.62 bits per heavy atom. The van der Waals surface area contributed by atoms with E-state index in [1.807, 2.05) is 0 Å². The average Bonchev–Trinajstić information content (AvgIpc) is 3.55. The van der Waals surface area contributed by atoms with Crippen LogP contribution >= 0.6 is 0 Å². The van der Waals surface area contributed by atoms with Crippen LogP contribution in [0.3, 0.4) is 0 Å². The molecule has 12 nitrogen and oxygen atoms in total. The van der Waals surface area contributed by atoms with E-state index < -0.39 is 29.8 Å². The topological polar surface area (TPSA) is 153 Å². The van der Waals surface area contributed by atoms with Crippen LogP contribution in [0.4, 0.5) is 5.82 Å². The Morgan fingerprint density at radius 2 is 1.84 bits per heavy atom. The van der Waals surface area contributed by atoms with Crippen LogP contribution in [-0.2, 0) is 36.8 Å². The van der Waals surface area contributed by atoms with Gasteiger partial charge in [-0.15, -0.1) is 0 Å². The third-order valence-corrected chi connectivity index (χ3v) is 10.0. The molecule has 3 fully saturated rings. The molecule has 5 atom stereocenters. The van der Waals surface area contributed by atoms with Crippen LogP contribution < -0.4 is 16.0 Å². The summed E-state index contributed by atoms with van der Waals surface area (Å²) in [5.74, 6) is -2.13. The van der Waals surface area contributed by atoms with E-state index in [2.05, 4.69) is 33.0 Å². The maximum atomic E-state index is 13.3. The van der Waals surface area contributed by atoms with Gasteiger partial charge in [-0.2, -0.15) is 0 Å². The number of nitrogens with one attached hydrogen (secondary N) is 3. The number of nitrogens with zero attached hydrogens (tertiary/aromatic N) is 3. The zero-order valence-electron chi connectivity index (χ0n) is 26.6. The molecule has 248 valence electrons. The van der Waals surface area contributed by atoms with E-state index in [-0.39, 0.29) is 30.4 Å². The molecular formula is C33H50N6O6. The van der Waals surface area contributed by atoms with Crippen LogP contribution in [0, 0.1) is 17.8 Å². The number of hydrogen-bond acceptors (Lipinski definition) is 8. The summed E-state index contributed by atoms with van der Waals surface area (Å²) in [5.41, 5.74) is 2.36. The summed E-state index contributed by atoms with van der Waals surface area (Å²) in [6, 6.07) is 3.03. The number of pyridine rings is 1. The van der Waals surface area contributed by atoms with Crippen molar-refractivity contribution in [3.63, 3.8) is 0 Å². The number of carbonyl (C=O) groups excluding carboxylic acids is 3. The van der Waals surface area contributed by atoms with Crippen LogP contribution in [0.25, 0.3) is 0 Å². The van der Waals surface area contributed by atoms with Crippen molar-refractivity contribution in [2.75, 3.05) is 58.2 Å². The molecule has 12 heteroatoms. The van der Waals surface area contributed by atoms with Gasteiger partial charge in [0.05, 0.1) is 12.0 Å². The monoisotopic (exact) mass is 626 g/mol. The molecule has 1 saturated carbocycles. The normalized spacial score (nSPS) is 25.9. The van der Waals surface area contributed by atoms with Gasteiger partial charge in [0.1, 0.15) is 11.9 Å². The molecule has 0 aromatic carbocycles. The van der Waals surface area contributed by atoms with E-state index in [4.69, 9.17) is 9.72 Å². The number of ether oxygens (including phenoxy) is 1. The number of likely N-dealkylation sites (tertiary alicyclic amines) is 2. The summed E-state index contributed by atoms with van der Waals surface area (Å²) in [6.45, 7) is 4.33. The highest BCUT2D eigenvalue weighted by Crippen LogP contribution is 2.33. The maximum absolute atomic E-state index is 13.3. The second-order valence-electron chi connectivity index (χ2n) is 13.2. The Bertz CT molecular complexity index is 1210. The van der Waals surface area contributed by atoms with Gasteiger partial charge in [0.25, 0.3) is 0 Å². The molecule has 4 N–H and O–H groups in total. The molecule has 3 aliphatic heterocycles. The van der Waals surface area contributed by atoms with Gasteiger partial charge < -0.3 is 35.6 Å². The summed E-state index contributed by atoms with van der Waals surface area (Å²) in [6.07, 6.45) is 9.30. The van der Waals surface area contributed by atoms with Gasteiger partial charge in [-0.3, -0.25) is 14.4 Å². The number of piperidine rings is 1. The lowest BCUT2D eigenvalue weighted by atomic mass is 9.77. The minimum absolute atomic E-state index is 0.00983. The van der Waals surface area contributed by atoms with Gasteiger partial charge in [0.15, 0.2) is 0 Å². The first-order valence-corrected chi connectivity index (χ1v) is 16.9. The second-order valence-corrected chi connectivity index (χ2v) is 13.2. The number of aryl methyl sites for hydroxylation is 2. The number of carboxylic acids is 1. The molecule has 4 aliphatic rings. The fourth-order valence-electron chi connectivity index (χ4n) is 7.39. The zero-order chi connectivity index (χ0) is 31.8. The van der Waals surface area contributed by atoms with Crippen LogP contribution in [0.15, 0.2) is 12.1 Å². The summed E-state index contributed by atoms with van der Waals surface area (Å²) < 4.78 is 5.40. The molecule has 4 heterocycles. The number of aromatic nitrogens is 1. The van der Waals surface area contributed by atoms with Gasteiger partial charge >= 0.3 is 5.97 Å². The first-order valence-electron chi connectivity index (χ1n) is 16.9.